The predicted octanol–water partition coefficient (Wildman–Crippen LogP) is 2.95. The van der Waals surface area contributed by atoms with E-state index in [0.29, 0.717) is 42.6 Å². The normalized spacial score (nSPS) is 10.1. The Balaban J connectivity index is 1.87. The monoisotopic (exact) mass is 376 g/mol. The number of hydrogen-bond donors (Lipinski definition) is 2. The molecular weight excluding hydrogens is 356 g/mol. The summed E-state index contributed by atoms with van der Waals surface area (Å²) < 4.78 is 21.5. The van der Waals surface area contributed by atoms with E-state index in [1.165, 1.54) is 50.6 Å². The smallest absolute Gasteiger partial charge is 0.335 e. The topological polar surface area (TPSA) is 112 Å². The molecule has 27 heavy (non-hydrogen) atoms. The van der Waals surface area contributed by atoms with Gasteiger partial charge in [-0.1, -0.05) is 0 Å². The van der Waals surface area contributed by atoms with Gasteiger partial charge in [-0.05, 0) is 36.4 Å². The first-order valence-corrected chi connectivity index (χ1v) is 8.04. The summed E-state index contributed by atoms with van der Waals surface area (Å²) in [4.78, 5) is 21.9. The second kappa shape index (κ2) is 9.33. The molecule has 2 rings (SSSR count). The number of ether oxygens (including phenoxy) is 4. The lowest BCUT2D eigenvalue weighted by Gasteiger charge is -2.13. The van der Waals surface area contributed by atoms with Crippen LogP contribution in [-0.2, 0) is 0 Å². The lowest BCUT2D eigenvalue weighted by Crippen LogP contribution is -2.07. The molecule has 0 unspecified atom stereocenters. The van der Waals surface area contributed by atoms with Crippen LogP contribution in [0.3, 0.4) is 0 Å². The Morgan fingerprint density at radius 2 is 1.15 bits per heavy atom. The van der Waals surface area contributed by atoms with Crippen LogP contribution in [0, 0.1) is 0 Å². The van der Waals surface area contributed by atoms with Crippen molar-refractivity contribution in [1.29, 1.82) is 0 Å². The number of methoxy groups -OCH3 is 2. The van der Waals surface area contributed by atoms with Gasteiger partial charge in [-0.15, -0.1) is 0 Å². The fourth-order valence-electron chi connectivity index (χ4n) is 2.26. The van der Waals surface area contributed by atoms with E-state index in [1.807, 2.05) is 0 Å². The van der Waals surface area contributed by atoms with Crippen molar-refractivity contribution in [3.8, 4) is 23.0 Å². The Morgan fingerprint density at radius 3 is 1.48 bits per heavy atom. The molecule has 0 aliphatic rings. The molecule has 0 atom stereocenters. The summed E-state index contributed by atoms with van der Waals surface area (Å²) in [5.74, 6) is -0.549. The Kier molecular flexibility index (Phi) is 6.87. The molecule has 0 bridgehead atoms. The van der Waals surface area contributed by atoms with Gasteiger partial charge in [0.2, 0.25) is 0 Å². The lowest BCUT2D eigenvalue weighted by molar-refractivity contribution is 0.0685. The van der Waals surface area contributed by atoms with E-state index in [4.69, 9.17) is 29.2 Å². The van der Waals surface area contributed by atoms with E-state index in [-0.39, 0.29) is 11.1 Å². The van der Waals surface area contributed by atoms with Crippen molar-refractivity contribution in [3.05, 3.63) is 47.5 Å². The second-order valence-electron chi connectivity index (χ2n) is 5.39. The maximum Gasteiger partial charge on any atom is 0.335 e. The molecule has 8 nitrogen and oxygen atoms in total. The van der Waals surface area contributed by atoms with Crippen LogP contribution in [0.1, 0.15) is 27.1 Å². The molecule has 0 saturated carbocycles. The highest BCUT2D eigenvalue weighted by atomic mass is 16.5. The van der Waals surface area contributed by atoms with Gasteiger partial charge in [0.1, 0.15) is 0 Å². The maximum absolute atomic E-state index is 11.0. The molecule has 0 radical (unpaired) electrons. The number of aromatic carboxylic acids is 2. The molecule has 2 N–H and O–H groups in total. The highest BCUT2D eigenvalue weighted by molar-refractivity contribution is 5.89. The Morgan fingerprint density at radius 1 is 0.741 bits per heavy atom. The molecule has 0 aliphatic carbocycles. The minimum Gasteiger partial charge on any atom is -0.493 e. The molecule has 0 heterocycles. The SMILES string of the molecule is COc1cc(C(=O)O)ccc1OCCCOc1ccc(C(=O)O)cc1OC. The number of carboxylic acid groups (broad SMARTS) is 2. The van der Waals surface area contributed by atoms with Crippen LogP contribution < -0.4 is 18.9 Å². The van der Waals surface area contributed by atoms with Gasteiger partial charge >= 0.3 is 11.9 Å². The third-order valence-electron chi connectivity index (χ3n) is 3.62. The van der Waals surface area contributed by atoms with Crippen LogP contribution in [-0.4, -0.2) is 49.6 Å². The first-order valence-electron chi connectivity index (χ1n) is 8.04. The zero-order valence-corrected chi connectivity index (χ0v) is 14.9. The quantitative estimate of drug-likeness (QED) is 0.609. The van der Waals surface area contributed by atoms with Gasteiger partial charge in [-0.2, -0.15) is 0 Å². The van der Waals surface area contributed by atoms with Crippen molar-refractivity contribution >= 4 is 11.9 Å². The van der Waals surface area contributed by atoms with Crippen molar-refractivity contribution in [2.75, 3.05) is 27.4 Å². The third-order valence-corrected chi connectivity index (χ3v) is 3.62. The molecule has 144 valence electrons. The summed E-state index contributed by atoms with van der Waals surface area (Å²) >= 11 is 0. The van der Waals surface area contributed by atoms with E-state index >= 15 is 0 Å². The van der Waals surface area contributed by atoms with Gasteiger partial charge in [-0.3, -0.25) is 0 Å². The Labute approximate surface area is 155 Å². The van der Waals surface area contributed by atoms with Crippen molar-refractivity contribution < 1.29 is 38.7 Å². The van der Waals surface area contributed by atoms with E-state index < -0.39 is 11.9 Å². The largest absolute Gasteiger partial charge is 0.493 e. The van der Waals surface area contributed by atoms with Crippen LogP contribution in [0.5, 0.6) is 23.0 Å². The van der Waals surface area contributed by atoms with Gasteiger partial charge in [0.25, 0.3) is 0 Å². The molecular formula is C19H20O8. The van der Waals surface area contributed by atoms with Crippen LogP contribution in [0.2, 0.25) is 0 Å². The van der Waals surface area contributed by atoms with E-state index in [1.54, 1.807) is 0 Å². The summed E-state index contributed by atoms with van der Waals surface area (Å²) in [6, 6.07) is 8.73. The zero-order valence-electron chi connectivity index (χ0n) is 14.9. The Hall–Kier alpha value is -3.42. The van der Waals surface area contributed by atoms with Gasteiger partial charge < -0.3 is 29.2 Å². The minimum atomic E-state index is -1.05. The maximum atomic E-state index is 11.0. The summed E-state index contributed by atoms with van der Waals surface area (Å²) in [5, 5.41) is 18.0. The van der Waals surface area contributed by atoms with Crippen molar-refractivity contribution in [2.24, 2.45) is 0 Å². The summed E-state index contributed by atoms with van der Waals surface area (Å²) in [5.41, 5.74) is 0.221. The van der Waals surface area contributed by atoms with Crippen molar-refractivity contribution in [3.63, 3.8) is 0 Å². The molecule has 2 aromatic carbocycles. The third kappa shape index (κ3) is 5.27. The van der Waals surface area contributed by atoms with Gasteiger partial charge in [0.15, 0.2) is 23.0 Å². The highest BCUT2D eigenvalue weighted by Gasteiger charge is 2.11. The number of carboxylic acids is 2. The van der Waals surface area contributed by atoms with E-state index in [9.17, 15) is 9.59 Å². The van der Waals surface area contributed by atoms with Crippen molar-refractivity contribution in [2.45, 2.75) is 6.42 Å². The molecule has 0 aliphatic heterocycles. The summed E-state index contributed by atoms with van der Waals surface area (Å²) in [7, 11) is 2.87. The predicted molar refractivity (Wildman–Crippen MR) is 95.5 cm³/mol. The molecule has 8 heteroatoms. The number of rotatable bonds is 10. The van der Waals surface area contributed by atoms with Crippen LogP contribution >= 0.6 is 0 Å². The fourth-order valence-corrected chi connectivity index (χ4v) is 2.26. The van der Waals surface area contributed by atoms with E-state index in [2.05, 4.69) is 0 Å². The zero-order chi connectivity index (χ0) is 19.8. The van der Waals surface area contributed by atoms with Gasteiger partial charge in [-0.25, -0.2) is 9.59 Å². The lowest BCUT2D eigenvalue weighted by atomic mass is 10.2. The van der Waals surface area contributed by atoms with E-state index in [0.717, 1.165) is 0 Å². The molecule has 0 saturated heterocycles. The van der Waals surface area contributed by atoms with Gasteiger partial charge in [0, 0.05) is 6.42 Å². The first kappa shape index (κ1) is 19.9. The summed E-state index contributed by atoms with van der Waals surface area (Å²) in [6.07, 6.45) is 0.535. The van der Waals surface area contributed by atoms with Gasteiger partial charge in [0.05, 0.1) is 38.6 Å². The first-order chi connectivity index (χ1) is 13.0. The van der Waals surface area contributed by atoms with Crippen LogP contribution in [0.15, 0.2) is 36.4 Å². The molecule has 0 aromatic heterocycles. The second-order valence-corrected chi connectivity index (χ2v) is 5.39. The Bertz CT molecular complexity index is 748. The fraction of sp³-hybridized carbons (Fsp3) is 0.263. The average Bonchev–Trinajstić information content (AvgIpc) is 2.67. The average molecular weight is 376 g/mol. The van der Waals surface area contributed by atoms with Crippen molar-refractivity contribution in [1.82, 2.24) is 0 Å². The molecule has 2 aromatic rings. The standard InChI is InChI=1S/C19H20O8/c1-24-16-10-12(18(20)21)4-6-14(16)26-8-3-9-27-15-7-5-13(19(22)23)11-17(15)25-2/h4-7,10-11H,3,8-9H2,1-2H3,(H,20,21)(H,22,23). The molecule has 0 fully saturated rings. The number of hydrogen-bond acceptors (Lipinski definition) is 6. The highest BCUT2D eigenvalue weighted by Crippen LogP contribution is 2.29. The van der Waals surface area contributed by atoms with Crippen LogP contribution in [0.25, 0.3) is 0 Å². The number of benzene rings is 2. The molecule has 0 amide bonds. The minimum absolute atomic E-state index is 0.111. The summed E-state index contributed by atoms with van der Waals surface area (Å²) in [6.45, 7) is 0.636. The number of carbonyl (C=O) groups is 2. The molecule has 0 spiro atoms. The van der Waals surface area contributed by atoms with Crippen LogP contribution in [0.4, 0.5) is 0 Å².